The van der Waals surface area contributed by atoms with Crippen LogP contribution in [-0.4, -0.2) is 52.8 Å². The van der Waals surface area contributed by atoms with Crippen molar-refractivity contribution in [3.8, 4) is 5.75 Å². The van der Waals surface area contributed by atoms with Gasteiger partial charge in [0.15, 0.2) is 6.10 Å². The van der Waals surface area contributed by atoms with Crippen molar-refractivity contribution in [3.63, 3.8) is 0 Å². The molecule has 0 N–H and O–H groups in total. The molecule has 4 rings (SSSR count). The second kappa shape index (κ2) is 9.65. The molecular formula is C24H33N3O3. The fraction of sp³-hybridized carbons (Fsp3) is 0.583. The van der Waals surface area contributed by atoms with Gasteiger partial charge >= 0.3 is 0 Å². The van der Waals surface area contributed by atoms with E-state index in [-0.39, 0.29) is 5.91 Å². The molecule has 1 aromatic heterocycles. The molecule has 162 valence electrons. The van der Waals surface area contributed by atoms with E-state index < -0.39 is 6.10 Å². The number of piperidine rings is 1. The van der Waals surface area contributed by atoms with E-state index in [0.717, 1.165) is 64.3 Å². The molecule has 6 heteroatoms. The summed E-state index contributed by atoms with van der Waals surface area (Å²) in [6, 6.07) is 9.56. The lowest BCUT2D eigenvalue weighted by molar-refractivity contribution is -0.139. The summed E-state index contributed by atoms with van der Waals surface area (Å²) in [5.74, 6) is 3.12. The minimum atomic E-state index is -0.458. The van der Waals surface area contributed by atoms with Crippen molar-refractivity contribution in [2.24, 2.45) is 5.92 Å². The second-order valence-electron chi connectivity index (χ2n) is 8.60. The van der Waals surface area contributed by atoms with Gasteiger partial charge in [-0.3, -0.25) is 4.79 Å². The van der Waals surface area contributed by atoms with Crippen molar-refractivity contribution in [2.75, 3.05) is 26.3 Å². The summed E-state index contributed by atoms with van der Waals surface area (Å²) in [6.07, 6.45) is 5.71. The van der Waals surface area contributed by atoms with Crippen LogP contribution in [0.3, 0.4) is 0 Å². The zero-order valence-corrected chi connectivity index (χ0v) is 18.1. The maximum atomic E-state index is 12.8. The third kappa shape index (κ3) is 4.86. The quantitative estimate of drug-likeness (QED) is 0.726. The largest absolute Gasteiger partial charge is 0.481 e. The zero-order chi connectivity index (χ0) is 20.9. The maximum absolute atomic E-state index is 12.8. The van der Waals surface area contributed by atoms with E-state index in [0.29, 0.717) is 11.8 Å². The minimum Gasteiger partial charge on any atom is -0.481 e. The highest BCUT2D eigenvalue weighted by molar-refractivity contribution is 5.81. The number of benzene rings is 1. The lowest BCUT2D eigenvalue weighted by atomic mass is 9.95. The SMILES string of the molecule is Cc1cnc(C2CCOCC2)n1CC1CCN(C(=O)C(C)Oc2ccccc2)CC1. The lowest BCUT2D eigenvalue weighted by Crippen LogP contribution is -2.45. The molecule has 2 fully saturated rings. The second-order valence-corrected chi connectivity index (χ2v) is 8.60. The molecular weight excluding hydrogens is 378 g/mol. The first kappa shape index (κ1) is 20.9. The van der Waals surface area contributed by atoms with Gasteiger partial charge in [0.1, 0.15) is 11.6 Å². The Labute approximate surface area is 179 Å². The fourth-order valence-electron chi connectivity index (χ4n) is 4.60. The van der Waals surface area contributed by atoms with E-state index in [1.165, 1.54) is 11.5 Å². The zero-order valence-electron chi connectivity index (χ0n) is 18.1. The number of hydrogen-bond acceptors (Lipinski definition) is 4. The highest BCUT2D eigenvalue weighted by Crippen LogP contribution is 2.29. The Morgan fingerprint density at radius 3 is 2.57 bits per heavy atom. The van der Waals surface area contributed by atoms with Gasteiger partial charge in [-0.1, -0.05) is 18.2 Å². The number of imidazole rings is 1. The van der Waals surface area contributed by atoms with E-state index >= 15 is 0 Å². The van der Waals surface area contributed by atoms with Crippen LogP contribution in [0.4, 0.5) is 0 Å². The highest BCUT2D eigenvalue weighted by Gasteiger charge is 2.29. The molecule has 0 saturated carbocycles. The van der Waals surface area contributed by atoms with Crippen LogP contribution in [0.2, 0.25) is 0 Å². The summed E-state index contributed by atoms with van der Waals surface area (Å²) in [5.41, 5.74) is 1.24. The van der Waals surface area contributed by atoms with Crippen LogP contribution in [0.5, 0.6) is 5.75 Å². The molecule has 2 aliphatic rings. The van der Waals surface area contributed by atoms with Crippen molar-refractivity contribution >= 4 is 5.91 Å². The van der Waals surface area contributed by atoms with Crippen molar-refractivity contribution in [1.82, 2.24) is 14.5 Å². The Morgan fingerprint density at radius 1 is 1.17 bits per heavy atom. The van der Waals surface area contributed by atoms with Crippen molar-refractivity contribution < 1.29 is 14.3 Å². The molecule has 1 unspecified atom stereocenters. The van der Waals surface area contributed by atoms with Gasteiger partial charge in [0.2, 0.25) is 0 Å². The van der Waals surface area contributed by atoms with Crippen LogP contribution in [0.15, 0.2) is 36.5 Å². The Balaban J connectivity index is 1.31. The van der Waals surface area contributed by atoms with Gasteiger partial charge in [-0.25, -0.2) is 4.98 Å². The lowest BCUT2D eigenvalue weighted by Gasteiger charge is -2.34. The molecule has 2 aliphatic heterocycles. The van der Waals surface area contributed by atoms with Crippen molar-refractivity contribution in [3.05, 3.63) is 48.0 Å². The number of ether oxygens (including phenoxy) is 2. The molecule has 0 bridgehead atoms. The van der Waals surface area contributed by atoms with Crippen molar-refractivity contribution in [1.29, 1.82) is 0 Å². The van der Waals surface area contributed by atoms with Gasteiger partial charge < -0.3 is 18.9 Å². The Hall–Kier alpha value is -2.34. The summed E-state index contributed by atoms with van der Waals surface area (Å²) >= 11 is 0. The number of para-hydroxylation sites is 1. The molecule has 0 radical (unpaired) electrons. The van der Waals surface area contributed by atoms with Gasteiger partial charge in [-0.15, -0.1) is 0 Å². The molecule has 1 atom stereocenters. The van der Waals surface area contributed by atoms with E-state index in [4.69, 9.17) is 14.5 Å². The molecule has 2 saturated heterocycles. The number of rotatable bonds is 6. The highest BCUT2D eigenvalue weighted by atomic mass is 16.5. The van der Waals surface area contributed by atoms with E-state index in [2.05, 4.69) is 11.5 Å². The smallest absolute Gasteiger partial charge is 0.263 e. The molecule has 30 heavy (non-hydrogen) atoms. The van der Waals surface area contributed by atoms with Gasteiger partial charge in [-0.2, -0.15) is 0 Å². The number of amides is 1. The fourth-order valence-corrected chi connectivity index (χ4v) is 4.60. The Kier molecular flexibility index (Phi) is 6.72. The van der Waals surface area contributed by atoms with Crippen LogP contribution in [0.1, 0.15) is 50.0 Å². The summed E-state index contributed by atoms with van der Waals surface area (Å²) in [5, 5.41) is 0. The topological polar surface area (TPSA) is 56.6 Å². The average molecular weight is 412 g/mol. The molecule has 2 aromatic rings. The first-order chi connectivity index (χ1) is 14.6. The summed E-state index contributed by atoms with van der Waals surface area (Å²) in [4.78, 5) is 19.5. The molecule has 0 aliphatic carbocycles. The standard InChI is InChI=1S/C24H33N3O3/c1-18-16-25-23(21-10-14-29-15-11-21)27(18)17-20-8-12-26(13-9-20)24(28)19(2)30-22-6-4-3-5-7-22/h3-7,16,19-21H,8-15,17H2,1-2H3. The first-order valence-corrected chi connectivity index (χ1v) is 11.2. The summed E-state index contributed by atoms with van der Waals surface area (Å²) in [6.45, 7) is 8.25. The molecule has 1 amide bonds. The first-order valence-electron chi connectivity index (χ1n) is 11.2. The van der Waals surface area contributed by atoms with E-state index in [9.17, 15) is 4.79 Å². The maximum Gasteiger partial charge on any atom is 0.263 e. The number of carbonyl (C=O) groups excluding carboxylic acids is 1. The normalized spacial score (nSPS) is 19.6. The summed E-state index contributed by atoms with van der Waals surface area (Å²) < 4.78 is 13.8. The molecule has 1 aromatic carbocycles. The predicted octanol–water partition coefficient (Wildman–Crippen LogP) is 3.79. The third-order valence-electron chi connectivity index (χ3n) is 6.44. The number of nitrogens with zero attached hydrogens (tertiary/aromatic N) is 3. The Morgan fingerprint density at radius 2 is 1.87 bits per heavy atom. The Bertz CT molecular complexity index is 821. The monoisotopic (exact) mass is 411 g/mol. The van der Waals surface area contributed by atoms with E-state index in [1.807, 2.05) is 48.4 Å². The van der Waals surface area contributed by atoms with Crippen molar-refractivity contribution in [2.45, 2.75) is 58.1 Å². The third-order valence-corrected chi connectivity index (χ3v) is 6.44. The number of hydrogen-bond donors (Lipinski definition) is 0. The predicted molar refractivity (Wildman–Crippen MR) is 116 cm³/mol. The number of carbonyl (C=O) groups is 1. The number of aromatic nitrogens is 2. The van der Waals surface area contributed by atoms with Gasteiger partial charge in [0.05, 0.1) is 0 Å². The average Bonchev–Trinajstić information content (AvgIpc) is 3.15. The molecule has 3 heterocycles. The van der Waals surface area contributed by atoms with Gasteiger partial charge in [-0.05, 0) is 57.6 Å². The van der Waals surface area contributed by atoms with Crippen LogP contribution >= 0.6 is 0 Å². The van der Waals surface area contributed by atoms with Gasteiger partial charge in [0, 0.05) is 50.7 Å². The summed E-state index contributed by atoms with van der Waals surface area (Å²) in [7, 11) is 0. The minimum absolute atomic E-state index is 0.0824. The van der Waals surface area contributed by atoms with E-state index in [1.54, 1.807) is 0 Å². The van der Waals surface area contributed by atoms with Crippen LogP contribution in [0.25, 0.3) is 0 Å². The van der Waals surface area contributed by atoms with Gasteiger partial charge in [0.25, 0.3) is 5.91 Å². The van der Waals surface area contributed by atoms with Crippen LogP contribution < -0.4 is 4.74 Å². The number of likely N-dealkylation sites (tertiary alicyclic amines) is 1. The van der Waals surface area contributed by atoms with Crippen LogP contribution in [-0.2, 0) is 16.1 Å². The molecule has 0 spiro atoms. The number of aryl methyl sites for hydroxylation is 1. The molecule has 6 nitrogen and oxygen atoms in total. The van der Waals surface area contributed by atoms with Crippen LogP contribution in [0, 0.1) is 12.8 Å².